The van der Waals surface area contributed by atoms with E-state index in [9.17, 15) is 14.4 Å². The second-order valence-electron chi connectivity index (χ2n) is 6.88. The Labute approximate surface area is 164 Å². The number of carbonyl (C=O) groups is 1. The highest BCUT2D eigenvalue weighted by Crippen LogP contribution is 2.24. The summed E-state index contributed by atoms with van der Waals surface area (Å²) in [5.74, 6) is -0.00305. The summed E-state index contributed by atoms with van der Waals surface area (Å²) < 4.78 is 6.13. The van der Waals surface area contributed by atoms with Crippen LogP contribution in [0, 0.1) is 13.8 Å². The standard InChI is InChI=1S/C20H20N6O3/c1-5-10-24-18(28)15-17(23(4)20(24)29)22-19-25(11(2)12(3)26(15)19)14-8-6-13(7-9-14)16(21)27/h5-9H,1,10H2,2-4H3,(H2,21,27). The Morgan fingerprint density at radius 1 is 1.17 bits per heavy atom. The minimum Gasteiger partial charge on any atom is -0.366 e. The lowest BCUT2D eigenvalue weighted by molar-refractivity contribution is 0.100. The molecule has 9 nitrogen and oxygen atoms in total. The molecule has 29 heavy (non-hydrogen) atoms. The average Bonchev–Trinajstić information content (AvgIpc) is 3.19. The van der Waals surface area contributed by atoms with Gasteiger partial charge in [0.15, 0.2) is 11.2 Å². The molecule has 148 valence electrons. The maximum Gasteiger partial charge on any atom is 0.332 e. The van der Waals surface area contributed by atoms with Gasteiger partial charge in [-0.1, -0.05) is 6.08 Å². The number of nitrogens with two attached hydrogens (primary N) is 1. The highest BCUT2D eigenvalue weighted by Gasteiger charge is 2.23. The van der Waals surface area contributed by atoms with Crippen molar-refractivity contribution in [3.05, 3.63) is 74.7 Å². The van der Waals surface area contributed by atoms with Gasteiger partial charge in [-0.25, -0.2) is 4.79 Å². The maximum absolute atomic E-state index is 13.1. The molecule has 0 aliphatic carbocycles. The smallest absolute Gasteiger partial charge is 0.332 e. The van der Waals surface area contributed by atoms with E-state index in [0.29, 0.717) is 22.5 Å². The zero-order valence-electron chi connectivity index (χ0n) is 16.3. The fraction of sp³-hybridized carbons (Fsp3) is 0.200. The number of aryl methyl sites for hydroxylation is 2. The van der Waals surface area contributed by atoms with Gasteiger partial charge >= 0.3 is 5.69 Å². The van der Waals surface area contributed by atoms with Crippen molar-refractivity contribution in [2.75, 3.05) is 0 Å². The van der Waals surface area contributed by atoms with Crippen molar-refractivity contribution < 1.29 is 4.79 Å². The zero-order valence-corrected chi connectivity index (χ0v) is 16.3. The van der Waals surface area contributed by atoms with Crippen LogP contribution in [0.2, 0.25) is 0 Å². The van der Waals surface area contributed by atoms with Gasteiger partial charge in [-0.3, -0.25) is 27.7 Å². The lowest BCUT2D eigenvalue weighted by atomic mass is 10.2. The third-order valence-corrected chi connectivity index (χ3v) is 5.24. The number of amides is 1. The first-order chi connectivity index (χ1) is 13.8. The number of imidazole rings is 2. The van der Waals surface area contributed by atoms with Gasteiger partial charge in [0.25, 0.3) is 5.56 Å². The number of nitrogens with zero attached hydrogens (tertiary/aromatic N) is 5. The molecule has 3 aromatic heterocycles. The fourth-order valence-electron chi connectivity index (χ4n) is 3.62. The van der Waals surface area contributed by atoms with E-state index in [2.05, 4.69) is 11.6 Å². The molecule has 0 aliphatic rings. The molecular weight excluding hydrogens is 372 g/mol. The molecule has 0 saturated carbocycles. The minimum absolute atomic E-state index is 0.113. The Balaban J connectivity index is 2.13. The van der Waals surface area contributed by atoms with E-state index >= 15 is 0 Å². The van der Waals surface area contributed by atoms with Crippen LogP contribution >= 0.6 is 0 Å². The zero-order chi connectivity index (χ0) is 21.0. The molecule has 2 N–H and O–H groups in total. The average molecular weight is 392 g/mol. The normalized spacial score (nSPS) is 11.4. The lowest BCUT2D eigenvalue weighted by Crippen LogP contribution is -2.39. The SMILES string of the molecule is C=CCn1c(=O)c2c(nc3n(-c4ccc(C(N)=O)cc4)c(C)c(C)n23)n(C)c1=O. The predicted octanol–water partition coefficient (Wildman–Crippen LogP) is 1.04. The molecule has 9 heteroatoms. The summed E-state index contributed by atoms with van der Waals surface area (Å²) in [5, 5.41) is 0. The molecule has 0 spiro atoms. The van der Waals surface area contributed by atoms with Crippen molar-refractivity contribution in [1.29, 1.82) is 0 Å². The van der Waals surface area contributed by atoms with Crippen LogP contribution in [0.3, 0.4) is 0 Å². The number of carbonyl (C=O) groups excluding carboxylic acids is 1. The Bertz CT molecular complexity index is 1430. The number of allylic oxidation sites excluding steroid dienone is 1. The van der Waals surface area contributed by atoms with Gasteiger partial charge in [-0.05, 0) is 38.1 Å². The number of fused-ring (bicyclic) bond motifs is 3. The molecule has 4 aromatic rings. The second-order valence-corrected chi connectivity index (χ2v) is 6.88. The molecule has 0 fully saturated rings. The Morgan fingerprint density at radius 2 is 1.83 bits per heavy atom. The molecule has 0 radical (unpaired) electrons. The molecule has 1 aromatic carbocycles. The Morgan fingerprint density at radius 3 is 2.41 bits per heavy atom. The van der Waals surface area contributed by atoms with E-state index in [1.54, 1.807) is 35.7 Å². The van der Waals surface area contributed by atoms with Crippen LogP contribution in [0.15, 0.2) is 46.5 Å². The van der Waals surface area contributed by atoms with Gasteiger partial charge in [0.05, 0.1) is 0 Å². The van der Waals surface area contributed by atoms with Crippen molar-refractivity contribution in [2.45, 2.75) is 20.4 Å². The summed E-state index contributed by atoms with van der Waals surface area (Å²) in [4.78, 5) is 41.6. The van der Waals surface area contributed by atoms with E-state index in [0.717, 1.165) is 21.6 Å². The van der Waals surface area contributed by atoms with Crippen molar-refractivity contribution in [3.63, 3.8) is 0 Å². The van der Waals surface area contributed by atoms with Crippen LogP contribution in [0.25, 0.3) is 22.6 Å². The highest BCUT2D eigenvalue weighted by molar-refractivity contribution is 5.93. The van der Waals surface area contributed by atoms with Crippen molar-refractivity contribution in [2.24, 2.45) is 12.8 Å². The molecule has 4 rings (SSSR count). The van der Waals surface area contributed by atoms with Crippen LogP contribution in [0.5, 0.6) is 0 Å². The monoisotopic (exact) mass is 392 g/mol. The van der Waals surface area contributed by atoms with E-state index in [1.165, 1.54) is 10.6 Å². The molecular formula is C20H20N6O3. The third kappa shape index (κ3) is 2.47. The molecule has 0 saturated heterocycles. The first-order valence-electron chi connectivity index (χ1n) is 8.99. The van der Waals surface area contributed by atoms with E-state index < -0.39 is 17.2 Å². The number of hydrogen-bond donors (Lipinski definition) is 1. The maximum atomic E-state index is 13.1. The number of benzene rings is 1. The van der Waals surface area contributed by atoms with Gasteiger partial charge in [0.1, 0.15) is 0 Å². The molecule has 0 unspecified atom stereocenters. The number of aromatic nitrogens is 5. The first kappa shape index (κ1) is 18.5. The van der Waals surface area contributed by atoms with Crippen molar-refractivity contribution in [3.8, 4) is 5.69 Å². The predicted molar refractivity (Wildman–Crippen MR) is 110 cm³/mol. The summed E-state index contributed by atoms with van der Waals surface area (Å²) >= 11 is 0. The van der Waals surface area contributed by atoms with E-state index in [4.69, 9.17) is 5.73 Å². The van der Waals surface area contributed by atoms with Crippen LogP contribution in [-0.4, -0.2) is 29.0 Å². The van der Waals surface area contributed by atoms with Gasteiger partial charge in [0.2, 0.25) is 11.7 Å². The topological polar surface area (TPSA) is 109 Å². The molecule has 0 bridgehead atoms. The third-order valence-electron chi connectivity index (χ3n) is 5.24. The molecule has 0 atom stereocenters. The van der Waals surface area contributed by atoms with Crippen molar-refractivity contribution >= 4 is 22.8 Å². The van der Waals surface area contributed by atoms with Crippen LogP contribution < -0.4 is 17.0 Å². The quantitative estimate of drug-likeness (QED) is 0.523. The lowest BCUT2D eigenvalue weighted by Gasteiger charge is -2.07. The second kappa shape index (κ2) is 6.33. The highest BCUT2D eigenvalue weighted by atomic mass is 16.2. The summed E-state index contributed by atoms with van der Waals surface area (Å²) in [6.07, 6.45) is 1.51. The largest absolute Gasteiger partial charge is 0.366 e. The fourth-order valence-corrected chi connectivity index (χ4v) is 3.62. The summed E-state index contributed by atoms with van der Waals surface area (Å²) in [6.45, 7) is 7.55. The summed E-state index contributed by atoms with van der Waals surface area (Å²) in [6, 6.07) is 6.80. The number of hydrogen-bond acceptors (Lipinski definition) is 4. The van der Waals surface area contributed by atoms with E-state index in [-0.39, 0.29) is 6.54 Å². The van der Waals surface area contributed by atoms with Gasteiger partial charge in [-0.2, -0.15) is 4.98 Å². The Hall–Kier alpha value is -3.88. The van der Waals surface area contributed by atoms with Crippen LogP contribution in [0.1, 0.15) is 21.7 Å². The van der Waals surface area contributed by atoms with E-state index in [1.807, 2.05) is 18.4 Å². The molecule has 1 amide bonds. The summed E-state index contributed by atoms with van der Waals surface area (Å²) in [5.41, 5.74) is 7.96. The van der Waals surface area contributed by atoms with Gasteiger partial charge in [-0.15, -0.1) is 6.58 Å². The number of rotatable bonds is 4. The van der Waals surface area contributed by atoms with Crippen LogP contribution in [-0.2, 0) is 13.6 Å². The molecule has 3 heterocycles. The molecule has 0 aliphatic heterocycles. The first-order valence-corrected chi connectivity index (χ1v) is 8.99. The van der Waals surface area contributed by atoms with Gasteiger partial charge in [0, 0.05) is 36.2 Å². The van der Waals surface area contributed by atoms with Crippen molar-refractivity contribution in [1.82, 2.24) is 23.1 Å². The van der Waals surface area contributed by atoms with Crippen LogP contribution in [0.4, 0.5) is 0 Å². The number of primary amides is 1. The Kier molecular flexibility index (Phi) is 4.04. The minimum atomic E-state index is -0.508. The summed E-state index contributed by atoms with van der Waals surface area (Å²) in [7, 11) is 1.59. The van der Waals surface area contributed by atoms with Gasteiger partial charge < -0.3 is 5.73 Å².